The van der Waals surface area contributed by atoms with Gasteiger partial charge in [-0.25, -0.2) is 9.67 Å². The molecule has 0 aliphatic rings. The van der Waals surface area contributed by atoms with Gasteiger partial charge < -0.3 is 9.90 Å². The summed E-state index contributed by atoms with van der Waals surface area (Å²) in [6.07, 6.45) is 2.94. The van der Waals surface area contributed by atoms with Crippen LogP contribution in [0.3, 0.4) is 0 Å². The van der Waals surface area contributed by atoms with Gasteiger partial charge in [0.2, 0.25) is 0 Å². The molecule has 0 bridgehead atoms. The van der Waals surface area contributed by atoms with Gasteiger partial charge in [-0.05, 0) is 17.7 Å². The van der Waals surface area contributed by atoms with Crippen LogP contribution in [-0.2, 0) is 11.2 Å². The van der Waals surface area contributed by atoms with Gasteiger partial charge in [0.15, 0.2) is 0 Å². The molecule has 0 aliphatic carbocycles. The van der Waals surface area contributed by atoms with E-state index in [-0.39, 0.29) is 6.42 Å². The summed E-state index contributed by atoms with van der Waals surface area (Å²) in [5.74, 6) is -1.08. The number of carbonyl (C=O) groups excluding carboxylic acids is 1. The van der Waals surface area contributed by atoms with Crippen LogP contribution in [0.25, 0.3) is 5.69 Å². The lowest BCUT2D eigenvalue weighted by Crippen LogP contribution is -2.24. The van der Waals surface area contributed by atoms with E-state index in [1.54, 1.807) is 35.3 Å². The molecule has 0 N–H and O–H groups in total. The van der Waals surface area contributed by atoms with Crippen molar-refractivity contribution >= 4 is 5.97 Å². The van der Waals surface area contributed by atoms with Crippen molar-refractivity contribution in [2.24, 2.45) is 0 Å². The highest BCUT2D eigenvalue weighted by atomic mass is 16.4. The number of nitrogens with zero attached hydrogens (tertiary/aromatic N) is 3. The Morgan fingerprint density at radius 3 is 2.60 bits per heavy atom. The standard InChI is InChI=1S/C10H9N3O2/c14-10(15)5-8-1-3-9(4-2-8)13-7-11-6-12-13/h1-4,6-7H,5H2,(H,14,15)/p-1. The zero-order valence-corrected chi connectivity index (χ0v) is 7.83. The summed E-state index contributed by atoms with van der Waals surface area (Å²) in [5.41, 5.74) is 1.55. The van der Waals surface area contributed by atoms with Gasteiger partial charge in [-0.15, -0.1) is 0 Å². The van der Waals surface area contributed by atoms with Crippen LogP contribution < -0.4 is 5.11 Å². The summed E-state index contributed by atoms with van der Waals surface area (Å²) in [6.45, 7) is 0. The molecule has 2 rings (SSSR count). The fraction of sp³-hybridized carbons (Fsp3) is 0.100. The molecule has 0 saturated heterocycles. The van der Waals surface area contributed by atoms with Crippen molar-refractivity contribution in [2.75, 3.05) is 0 Å². The molecule has 2 aromatic rings. The number of rotatable bonds is 3. The summed E-state index contributed by atoms with van der Waals surface area (Å²) in [7, 11) is 0. The largest absolute Gasteiger partial charge is 0.550 e. The van der Waals surface area contributed by atoms with Gasteiger partial charge in [-0.2, -0.15) is 5.10 Å². The molecule has 0 aliphatic heterocycles. The maximum atomic E-state index is 10.3. The van der Waals surface area contributed by atoms with Crippen LogP contribution in [0.5, 0.6) is 0 Å². The molecule has 5 heteroatoms. The monoisotopic (exact) mass is 202 g/mol. The lowest BCUT2D eigenvalue weighted by atomic mass is 10.1. The summed E-state index contributed by atoms with van der Waals surface area (Å²) in [4.78, 5) is 14.2. The number of benzene rings is 1. The van der Waals surface area contributed by atoms with Gasteiger partial charge in [0.05, 0.1) is 5.69 Å². The second-order valence-electron chi connectivity index (χ2n) is 3.06. The fourth-order valence-corrected chi connectivity index (χ4v) is 1.27. The first kappa shape index (κ1) is 9.39. The Hall–Kier alpha value is -2.17. The minimum atomic E-state index is -1.08. The van der Waals surface area contributed by atoms with E-state index in [4.69, 9.17) is 0 Å². The van der Waals surface area contributed by atoms with E-state index in [9.17, 15) is 9.90 Å². The van der Waals surface area contributed by atoms with Gasteiger partial charge in [0.25, 0.3) is 0 Å². The summed E-state index contributed by atoms with van der Waals surface area (Å²) < 4.78 is 1.60. The van der Waals surface area contributed by atoms with Crippen molar-refractivity contribution in [3.05, 3.63) is 42.5 Å². The Kier molecular flexibility index (Phi) is 2.45. The average molecular weight is 202 g/mol. The first-order valence-corrected chi connectivity index (χ1v) is 4.39. The molecule has 5 nitrogen and oxygen atoms in total. The smallest absolute Gasteiger partial charge is 0.138 e. The molecule has 1 aromatic carbocycles. The highest BCUT2D eigenvalue weighted by Crippen LogP contribution is 2.08. The third-order valence-electron chi connectivity index (χ3n) is 1.97. The second-order valence-corrected chi connectivity index (χ2v) is 3.06. The Balaban J connectivity index is 2.21. The molecular formula is C10H8N3O2-. The fourth-order valence-electron chi connectivity index (χ4n) is 1.27. The van der Waals surface area contributed by atoms with Gasteiger partial charge in [0.1, 0.15) is 12.7 Å². The van der Waals surface area contributed by atoms with E-state index in [1.807, 2.05) is 0 Å². The predicted octanol–water partition coefficient (Wildman–Crippen LogP) is -0.440. The third-order valence-corrected chi connectivity index (χ3v) is 1.97. The minimum absolute atomic E-state index is 0.0718. The van der Waals surface area contributed by atoms with E-state index >= 15 is 0 Å². The van der Waals surface area contributed by atoms with Crippen molar-refractivity contribution in [3.63, 3.8) is 0 Å². The van der Waals surface area contributed by atoms with E-state index < -0.39 is 5.97 Å². The van der Waals surface area contributed by atoms with Crippen LogP contribution in [0.2, 0.25) is 0 Å². The normalized spacial score (nSPS) is 10.1. The van der Waals surface area contributed by atoms with Crippen molar-refractivity contribution in [2.45, 2.75) is 6.42 Å². The average Bonchev–Trinajstić information content (AvgIpc) is 2.71. The van der Waals surface area contributed by atoms with Gasteiger partial charge >= 0.3 is 0 Å². The number of aromatic nitrogens is 3. The van der Waals surface area contributed by atoms with Crippen LogP contribution in [-0.4, -0.2) is 20.7 Å². The number of hydrogen-bond acceptors (Lipinski definition) is 4. The van der Waals surface area contributed by atoms with Gasteiger partial charge in [-0.3, -0.25) is 0 Å². The lowest BCUT2D eigenvalue weighted by Gasteiger charge is -2.04. The zero-order chi connectivity index (χ0) is 10.7. The molecule has 0 atom stereocenters. The molecule has 0 unspecified atom stereocenters. The molecule has 1 heterocycles. The lowest BCUT2D eigenvalue weighted by molar-refractivity contribution is -0.304. The first-order chi connectivity index (χ1) is 7.25. The van der Waals surface area contributed by atoms with Crippen LogP contribution in [0.1, 0.15) is 5.56 Å². The van der Waals surface area contributed by atoms with E-state index in [0.717, 1.165) is 5.69 Å². The van der Waals surface area contributed by atoms with Crippen LogP contribution in [0.4, 0.5) is 0 Å². The van der Waals surface area contributed by atoms with Gasteiger partial charge in [-0.1, -0.05) is 12.1 Å². The molecule has 0 radical (unpaired) electrons. The molecular weight excluding hydrogens is 194 g/mol. The van der Waals surface area contributed by atoms with Crippen LogP contribution in [0.15, 0.2) is 36.9 Å². The number of carbonyl (C=O) groups is 1. The Bertz CT molecular complexity index is 448. The molecule has 0 amide bonds. The predicted molar refractivity (Wildman–Crippen MR) is 50.1 cm³/mol. The highest BCUT2D eigenvalue weighted by Gasteiger charge is 1.97. The van der Waals surface area contributed by atoms with E-state index in [1.165, 1.54) is 6.33 Å². The Labute approximate surface area is 86.0 Å². The van der Waals surface area contributed by atoms with Crippen molar-refractivity contribution in [1.29, 1.82) is 0 Å². The molecule has 76 valence electrons. The number of aliphatic carboxylic acids is 1. The number of hydrogen-bond donors (Lipinski definition) is 0. The molecule has 0 fully saturated rings. The Morgan fingerprint density at radius 2 is 2.07 bits per heavy atom. The maximum Gasteiger partial charge on any atom is 0.138 e. The van der Waals surface area contributed by atoms with Crippen molar-refractivity contribution < 1.29 is 9.90 Å². The first-order valence-electron chi connectivity index (χ1n) is 4.39. The number of carboxylic acid groups (broad SMARTS) is 1. The third kappa shape index (κ3) is 2.19. The number of carboxylic acids is 1. The minimum Gasteiger partial charge on any atom is -0.550 e. The highest BCUT2D eigenvalue weighted by molar-refractivity contribution is 5.68. The van der Waals surface area contributed by atoms with E-state index in [2.05, 4.69) is 10.1 Å². The molecule has 0 spiro atoms. The molecule has 0 saturated carbocycles. The summed E-state index contributed by atoms with van der Waals surface area (Å²) in [5, 5.41) is 14.3. The zero-order valence-electron chi connectivity index (χ0n) is 7.83. The Morgan fingerprint density at radius 1 is 1.33 bits per heavy atom. The summed E-state index contributed by atoms with van der Waals surface area (Å²) in [6, 6.07) is 7.03. The van der Waals surface area contributed by atoms with Gasteiger partial charge in [0, 0.05) is 12.4 Å². The van der Waals surface area contributed by atoms with E-state index in [0.29, 0.717) is 5.56 Å². The SMILES string of the molecule is O=C([O-])Cc1ccc(-n2cncn2)cc1. The maximum absolute atomic E-state index is 10.3. The van der Waals surface area contributed by atoms with Crippen molar-refractivity contribution in [1.82, 2.24) is 14.8 Å². The quantitative estimate of drug-likeness (QED) is 0.676. The van der Waals surface area contributed by atoms with Crippen LogP contribution >= 0.6 is 0 Å². The summed E-state index contributed by atoms with van der Waals surface area (Å²) >= 11 is 0. The topological polar surface area (TPSA) is 70.8 Å². The van der Waals surface area contributed by atoms with Crippen molar-refractivity contribution in [3.8, 4) is 5.69 Å². The second kappa shape index (κ2) is 3.91. The van der Waals surface area contributed by atoms with Crippen LogP contribution in [0, 0.1) is 0 Å². The molecule has 1 aromatic heterocycles. The molecule has 15 heavy (non-hydrogen) atoms.